The Balaban J connectivity index is 2.05. The monoisotopic (exact) mass is 232 g/mol. The molecule has 84 valence electrons. The van der Waals surface area contributed by atoms with Crippen LogP contribution in [-0.4, -0.2) is 6.61 Å². The van der Waals surface area contributed by atoms with E-state index in [1.807, 2.05) is 12.1 Å². The molecule has 0 bridgehead atoms. The fraction of sp³-hybridized carbons (Fsp3) is 0.286. The second-order valence-corrected chi connectivity index (χ2v) is 5.02. The minimum Gasteiger partial charge on any atom is -0.493 e. The first kappa shape index (κ1) is 11.2. The van der Waals surface area contributed by atoms with Gasteiger partial charge in [-0.05, 0) is 46.0 Å². The molecule has 1 nitrogen and oxygen atoms in total. The van der Waals surface area contributed by atoms with E-state index in [-0.39, 0.29) is 0 Å². The van der Waals surface area contributed by atoms with Crippen LogP contribution in [0.1, 0.15) is 13.8 Å². The van der Waals surface area contributed by atoms with Crippen molar-refractivity contribution in [2.24, 2.45) is 5.92 Å². The Bertz CT molecular complexity index is 415. The summed E-state index contributed by atoms with van der Waals surface area (Å²) in [6.07, 6.45) is 0. The molecule has 0 aliphatic rings. The van der Waals surface area contributed by atoms with Crippen molar-refractivity contribution >= 4 is 11.3 Å². The van der Waals surface area contributed by atoms with Gasteiger partial charge in [-0.3, -0.25) is 0 Å². The van der Waals surface area contributed by atoms with Crippen molar-refractivity contribution in [1.82, 2.24) is 0 Å². The number of hydrogen-bond donors (Lipinski definition) is 0. The topological polar surface area (TPSA) is 9.23 Å². The van der Waals surface area contributed by atoms with E-state index in [1.54, 1.807) is 11.3 Å². The van der Waals surface area contributed by atoms with E-state index in [9.17, 15) is 0 Å². The Kier molecular flexibility index (Phi) is 3.62. The van der Waals surface area contributed by atoms with Crippen LogP contribution in [0.3, 0.4) is 0 Å². The normalized spacial score (nSPS) is 10.7. The van der Waals surface area contributed by atoms with Gasteiger partial charge in [0.2, 0.25) is 0 Å². The first-order chi connectivity index (χ1) is 7.75. The Morgan fingerprint density at radius 2 is 1.81 bits per heavy atom. The molecule has 16 heavy (non-hydrogen) atoms. The molecule has 0 amide bonds. The van der Waals surface area contributed by atoms with Crippen LogP contribution in [0.4, 0.5) is 0 Å². The fourth-order valence-corrected chi connectivity index (χ4v) is 2.10. The van der Waals surface area contributed by atoms with Crippen LogP contribution in [0.25, 0.3) is 11.1 Å². The van der Waals surface area contributed by atoms with E-state index in [2.05, 4.69) is 42.8 Å². The van der Waals surface area contributed by atoms with E-state index in [0.29, 0.717) is 5.92 Å². The molecule has 0 saturated carbocycles. The minimum atomic E-state index is 0.566. The van der Waals surface area contributed by atoms with Crippen molar-refractivity contribution in [2.45, 2.75) is 13.8 Å². The summed E-state index contributed by atoms with van der Waals surface area (Å²) in [6.45, 7) is 5.08. The van der Waals surface area contributed by atoms with Gasteiger partial charge in [0.1, 0.15) is 5.75 Å². The molecule has 1 heterocycles. The van der Waals surface area contributed by atoms with Crippen LogP contribution < -0.4 is 4.74 Å². The molecule has 2 aromatic rings. The van der Waals surface area contributed by atoms with Gasteiger partial charge in [-0.2, -0.15) is 11.3 Å². The number of hydrogen-bond acceptors (Lipinski definition) is 2. The molecule has 0 aliphatic heterocycles. The van der Waals surface area contributed by atoms with Crippen LogP contribution in [-0.2, 0) is 0 Å². The van der Waals surface area contributed by atoms with Gasteiger partial charge < -0.3 is 4.74 Å². The first-order valence-electron chi connectivity index (χ1n) is 5.51. The molecular weight excluding hydrogens is 216 g/mol. The van der Waals surface area contributed by atoms with Gasteiger partial charge >= 0.3 is 0 Å². The molecule has 0 fully saturated rings. The molecule has 1 aromatic carbocycles. The van der Waals surface area contributed by atoms with Crippen LogP contribution in [0.5, 0.6) is 5.75 Å². The number of rotatable bonds is 4. The zero-order valence-corrected chi connectivity index (χ0v) is 10.5. The Hall–Kier alpha value is -1.28. The smallest absolute Gasteiger partial charge is 0.119 e. The van der Waals surface area contributed by atoms with Crippen molar-refractivity contribution in [2.75, 3.05) is 6.61 Å². The third kappa shape index (κ3) is 2.86. The second kappa shape index (κ2) is 5.17. The van der Waals surface area contributed by atoms with E-state index >= 15 is 0 Å². The van der Waals surface area contributed by atoms with Gasteiger partial charge in [0.05, 0.1) is 6.61 Å². The van der Waals surface area contributed by atoms with E-state index in [4.69, 9.17) is 4.74 Å². The standard InChI is InChI=1S/C14H16OS/c1-11(2)9-15-14-5-3-12(4-6-14)13-7-8-16-10-13/h3-8,10-11H,9H2,1-2H3. The van der Waals surface area contributed by atoms with Crippen molar-refractivity contribution in [3.63, 3.8) is 0 Å². The maximum atomic E-state index is 5.64. The minimum absolute atomic E-state index is 0.566. The summed E-state index contributed by atoms with van der Waals surface area (Å²) in [5, 5.41) is 4.25. The van der Waals surface area contributed by atoms with Crippen LogP contribution >= 0.6 is 11.3 Å². The highest BCUT2D eigenvalue weighted by molar-refractivity contribution is 7.08. The maximum absolute atomic E-state index is 5.64. The van der Waals surface area contributed by atoms with Crippen molar-refractivity contribution < 1.29 is 4.74 Å². The van der Waals surface area contributed by atoms with Crippen LogP contribution in [0.2, 0.25) is 0 Å². The molecule has 0 spiro atoms. The zero-order valence-electron chi connectivity index (χ0n) is 9.64. The summed E-state index contributed by atoms with van der Waals surface area (Å²) >= 11 is 1.72. The van der Waals surface area contributed by atoms with Gasteiger partial charge in [-0.15, -0.1) is 0 Å². The fourth-order valence-electron chi connectivity index (χ4n) is 1.44. The molecule has 0 unspecified atom stereocenters. The second-order valence-electron chi connectivity index (χ2n) is 4.24. The quantitative estimate of drug-likeness (QED) is 0.756. The molecule has 2 rings (SSSR count). The highest BCUT2D eigenvalue weighted by Gasteiger charge is 2.00. The van der Waals surface area contributed by atoms with Gasteiger partial charge in [0.25, 0.3) is 0 Å². The zero-order chi connectivity index (χ0) is 11.4. The predicted molar refractivity (Wildman–Crippen MR) is 70.1 cm³/mol. The summed E-state index contributed by atoms with van der Waals surface area (Å²) in [6, 6.07) is 10.4. The molecule has 2 heteroatoms. The number of ether oxygens (including phenoxy) is 1. The Labute approximate surface area is 101 Å². The highest BCUT2D eigenvalue weighted by atomic mass is 32.1. The third-order valence-electron chi connectivity index (χ3n) is 2.29. The van der Waals surface area contributed by atoms with Crippen molar-refractivity contribution in [3.8, 4) is 16.9 Å². The van der Waals surface area contributed by atoms with Crippen molar-refractivity contribution in [3.05, 3.63) is 41.1 Å². The van der Waals surface area contributed by atoms with Crippen LogP contribution in [0.15, 0.2) is 41.1 Å². The van der Waals surface area contributed by atoms with Gasteiger partial charge in [0.15, 0.2) is 0 Å². The average Bonchev–Trinajstić information content (AvgIpc) is 2.80. The number of thiophene rings is 1. The first-order valence-corrected chi connectivity index (χ1v) is 6.45. The molecule has 0 atom stereocenters. The SMILES string of the molecule is CC(C)COc1ccc(-c2ccsc2)cc1. The molecule has 0 saturated heterocycles. The highest BCUT2D eigenvalue weighted by Crippen LogP contribution is 2.24. The Morgan fingerprint density at radius 1 is 1.06 bits per heavy atom. The molecular formula is C14H16OS. The average molecular weight is 232 g/mol. The maximum Gasteiger partial charge on any atom is 0.119 e. The van der Waals surface area contributed by atoms with Gasteiger partial charge in [-0.1, -0.05) is 26.0 Å². The Morgan fingerprint density at radius 3 is 2.38 bits per heavy atom. The number of benzene rings is 1. The lowest BCUT2D eigenvalue weighted by Crippen LogP contribution is -2.04. The van der Waals surface area contributed by atoms with Gasteiger partial charge in [0, 0.05) is 0 Å². The summed E-state index contributed by atoms with van der Waals surface area (Å²) in [7, 11) is 0. The third-order valence-corrected chi connectivity index (χ3v) is 2.98. The predicted octanol–water partition coefficient (Wildman–Crippen LogP) is 4.45. The lowest BCUT2D eigenvalue weighted by atomic mass is 10.1. The molecule has 1 aromatic heterocycles. The molecule has 0 N–H and O–H groups in total. The lowest BCUT2D eigenvalue weighted by molar-refractivity contribution is 0.271. The van der Waals surface area contributed by atoms with Crippen LogP contribution in [0, 0.1) is 5.92 Å². The van der Waals surface area contributed by atoms with E-state index in [1.165, 1.54) is 11.1 Å². The van der Waals surface area contributed by atoms with Crippen molar-refractivity contribution in [1.29, 1.82) is 0 Å². The summed E-state index contributed by atoms with van der Waals surface area (Å²) in [5.41, 5.74) is 2.53. The summed E-state index contributed by atoms with van der Waals surface area (Å²) < 4.78 is 5.64. The molecule has 0 radical (unpaired) electrons. The largest absolute Gasteiger partial charge is 0.493 e. The lowest BCUT2D eigenvalue weighted by Gasteiger charge is -2.08. The van der Waals surface area contributed by atoms with Gasteiger partial charge in [-0.25, -0.2) is 0 Å². The van der Waals surface area contributed by atoms with E-state index < -0.39 is 0 Å². The summed E-state index contributed by atoms with van der Waals surface area (Å²) in [4.78, 5) is 0. The van der Waals surface area contributed by atoms with E-state index in [0.717, 1.165) is 12.4 Å². The summed E-state index contributed by atoms with van der Waals surface area (Å²) in [5.74, 6) is 1.52. The molecule has 0 aliphatic carbocycles.